The van der Waals surface area contributed by atoms with Crippen LogP contribution in [0.1, 0.15) is 97.5 Å². The number of ketones is 1. The summed E-state index contributed by atoms with van der Waals surface area (Å²) in [5.74, 6) is -2.27. The molecule has 1 spiro atoms. The maximum absolute atomic E-state index is 14.7. The average molecular weight is 770 g/mol. The fourth-order valence-electron chi connectivity index (χ4n) is 8.22. The molecule has 5 aliphatic rings. The summed E-state index contributed by atoms with van der Waals surface area (Å²) in [6.07, 6.45) is 9.05. The van der Waals surface area contributed by atoms with Crippen LogP contribution in [0.3, 0.4) is 0 Å². The zero-order chi connectivity index (χ0) is 38.6. The Hall–Kier alpha value is -3.52. The van der Waals surface area contributed by atoms with E-state index < -0.39 is 52.6 Å². The van der Waals surface area contributed by atoms with Crippen molar-refractivity contribution in [3.05, 3.63) is 40.9 Å². The number of Topliss-reactive ketones (excluding diaryl/α,β-unsaturated/α-hetero) is 1. The zero-order valence-electron chi connectivity index (χ0n) is 32.0. The van der Waals surface area contributed by atoms with Gasteiger partial charge >= 0.3 is 0 Å². The minimum absolute atomic E-state index is 0.00556. The molecule has 54 heavy (non-hydrogen) atoms. The topological polar surface area (TPSA) is 156 Å². The molecule has 4 fully saturated rings. The largest absolute Gasteiger partial charge is 0.379 e. The van der Waals surface area contributed by atoms with Gasteiger partial charge in [0.05, 0.1) is 37.1 Å². The minimum Gasteiger partial charge on any atom is -0.379 e. The molecular formula is C40H56ClN5O8. The Morgan fingerprint density at radius 2 is 1.81 bits per heavy atom. The highest BCUT2D eigenvalue weighted by molar-refractivity contribution is 6.38. The third kappa shape index (κ3) is 9.46. The first-order valence-electron chi connectivity index (χ1n) is 19.6. The standard InChI is InChI=1S/C40H56ClN5O8/c1-5-10-30(34(48)37(50)45-21-29(22-45)53-28-15-16-52-23-28)42-36(49)32-20-40(19-31(44-54-40)26-13-9-14-27(41)18-26)24-46(32)38(51)35(39(2,3)4)43-33(47)17-25-11-7-6-8-12-25/h9,13-14,18-19,25,28-30,32,35,44H,5-8,10-12,15-17,20-24H2,1-4H3,(H,42,49)(H,43,47)/t28?,30-,32-,35+,40+/m0/s1. The van der Waals surface area contributed by atoms with E-state index >= 15 is 0 Å². The Bertz CT molecular complexity index is 1600. The lowest BCUT2D eigenvalue weighted by atomic mass is 9.84. The molecule has 3 N–H and O–H groups in total. The quantitative estimate of drug-likeness (QED) is 0.253. The van der Waals surface area contributed by atoms with Crippen molar-refractivity contribution in [1.82, 2.24) is 25.9 Å². The summed E-state index contributed by atoms with van der Waals surface area (Å²) < 4.78 is 11.4. The van der Waals surface area contributed by atoms with E-state index in [1.54, 1.807) is 12.1 Å². The van der Waals surface area contributed by atoms with Crippen LogP contribution in [0.15, 0.2) is 30.3 Å². The summed E-state index contributed by atoms with van der Waals surface area (Å²) in [5, 5.41) is 6.43. The Morgan fingerprint density at radius 3 is 2.48 bits per heavy atom. The van der Waals surface area contributed by atoms with Crippen LogP contribution in [0.5, 0.6) is 0 Å². The van der Waals surface area contributed by atoms with Gasteiger partial charge in [-0.3, -0.25) is 34.3 Å². The van der Waals surface area contributed by atoms with Gasteiger partial charge in [-0.1, -0.05) is 77.1 Å². The Labute approximate surface area is 323 Å². The number of rotatable bonds is 13. The maximum Gasteiger partial charge on any atom is 0.292 e. The molecule has 1 aliphatic carbocycles. The first-order valence-corrected chi connectivity index (χ1v) is 20.0. The van der Waals surface area contributed by atoms with Crippen molar-refractivity contribution in [2.24, 2.45) is 11.3 Å². The van der Waals surface area contributed by atoms with E-state index in [2.05, 4.69) is 16.1 Å². The number of carbonyl (C=O) groups is 5. The number of hydrogen-bond acceptors (Lipinski definition) is 9. The Balaban J connectivity index is 1.20. The molecular weight excluding hydrogens is 714 g/mol. The van der Waals surface area contributed by atoms with Gasteiger partial charge < -0.3 is 29.9 Å². The molecule has 1 saturated carbocycles. The summed E-state index contributed by atoms with van der Waals surface area (Å²) >= 11 is 6.28. The molecule has 13 nitrogen and oxygen atoms in total. The predicted octanol–water partition coefficient (Wildman–Crippen LogP) is 3.93. The highest BCUT2D eigenvalue weighted by Crippen LogP contribution is 2.39. The number of nitrogens with one attached hydrogen (secondary N) is 3. The highest BCUT2D eigenvalue weighted by atomic mass is 35.5. The number of halogens is 1. The molecule has 5 atom stereocenters. The molecule has 1 unspecified atom stereocenters. The first-order chi connectivity index (χ1) is 25.7. The van der Waals surface area contributed by atoms with Crippen LogP contribution in [-0.2, 0) is 38.3 Å². The molecule has 0 bridgehead atoms. The summed E-state index contributed by atoms with van der Waals surface area (Å²) in [6, 6.07) is 4.17. The van der Waals surface area contributed by atoms with Crippen molar-refractivity contribution in [3.63, 3.8) is 0 Å². The SMILES string of the molecule is CCC[C@H](NC(=O)[C@@H]1C[C@]2(C=C(c3cccc(Cl)c3)NO2)CN1C(=O)[C@@H](NC(=O)CC1CCCCC1)C(C)(C)C)C(=O)C(=O)N1CC(OC2CCOC2)C1. The predicted molar refractivity (Wildman–Crippen MR) is 202 cm³/mol. The van der Waals surface area contributed by atoms with Crippen molar-refractivity contribution >= 4 is 46.7 Å². The second-order valence-electron chi connectivity index (χ2n) is 16.8. The van der Waals surface area contributed by atoms with Gasteiger partial charge in [0.2, 0.25) is 23.5 Å². The van der Waals surface area contributed by atoms with Crippen LogP contribution in [-0.4, -0.2) is 108 Å². The number of hydroxylamine groups is 1. The molecule has 4 amide bonds. The zero-order valence-corrected chi connectivity index (χ0v) is 32.8. The van der Waals surface area contributed by atoms with Crippen LogP contribution >= 0.6 is 11.6 Å². The Morgan fingerprint density at radius 1 is 1.06 bits per heavy atom. The van der Waals surface area contributed by atoms with E-state index in [1.807, 2.05) is 45.9 Å². The van der Waals surface area contributed by atoms with Gasteiger partial charge in [-0.25, -0.2) is 0 Å². The molecule has 4 heterocycles. The smallest absolute Gasteiger partial charge is 0.292 e. The van der Waals surface area contributed by atoms with Crippen molar-refractivity contribution in [2.45, 2.75) is 128 Å². The van der Waals surface area contributed by atoms with Crippen molar-refractivity contribution in [3.8, 4) is 0 Å². The van der Waals surface area contributed by atoms with Gasteiger partial charge in [0, 0.05) is 43.1 Å². The van der Waals surface area contributed by atoms with Gasteiger partial charge in [-0.2, -0.15) is 0 Å². The summed E-state index contributed by atoms with van der Waals surface area (Å²) in [4.78, 5) is 78.5. The molecule has 14 heteroatoms. The molecule has 0 aromatic heterocycles. The lowest BCUT2D eigenvalue weighted by Gasteiger charge is -2.40. The maximum atomic E-state index is 14.7. The molecule has 1 aromatic carbocycles. The number of ether oxygens (including phenoxy) is 2. The number of likely N-dealkylation sites (tertiary alicyclic amines) is 2. The lowest BCUT2D eigenvalue weighted by molar-refractivity contribution is -0.158. The van der Waals surface area contributed by atoms with Crippen molar-refractivity contribution < 1.29 is 38.3 Å². The molecule has 1 aromatic rings. The van der Waals surface area contributed by atoms with Gasteiger partial charge in [-0.15, -0.1) is 0 Å². The second kappa shape index (κ2) is 17.1. The average Bonchev–Trinajstić information content (AvgIpc) is 3.88. The monoisotopic (exact) mass is 769 g/mol. The van der Waals surface area contributed by atoms with Gasteiger partial charge in [0.15, 0.2) is 0 Å². The van der Waals surface area contributed by atoms with E-state index in [0.717, 1.165) is 37.7 Å². The van der Waals surface area contributed by atoms with E-state index in [1.165, 1.54) is 16.2 Å². The lowest BCUT2D eigenvalue weighted by Crippen LogP contribution is -2.61. The molecule has 0 radical (unpaired) electrons. The summed E-state index contributed by atoms with van der Waals surface area (Å²) in [5.41, 5.74) is 2.60. The molecule has 4 aliphatic heterocycles. The number of nitrogens with zero attached hydrogens (tertiary/aromatic N) is 2. The van der Waals surface area contributed by atoms with Gasteiger partial charge in [0.1, 0.15) is 17.7 Å². The summed E-state index contributed by atoms with van der Waals surface area (Å²) in [6.45, 7) is 9.32. The third-order valence-corrected chi connectivity index (χ3v) is 11.5. The first kappa shape index (κ1) is 40.2. The van der Waals surface area contributed by atoms with Crippen LogP contribution in [0.4, 0.5) is 0 Å². The van der Waals surface area contributed by atoms with Crippen LogP contribution in [0.25, 0.3) is 5.70 Å². The normalized spacial score (nSPS) is 25.8. The van der Waals surface area contributed by atoms with E-state index in [0.29, 0.717) is 49.9 Å². The second-order valence-corrected chi connectivity index (χ2v) is 17.2. The number of carbonyl (C=O) groups excluding carboxylic acids is 5. The van der Waals surface area contributed by atoms with Gasteiger partial charge in [0.25, 0.3) is 5.91 Å². The van der Waals surface area contributed by atoms with Crippen LogP contribution in [0.2, 0.25) is 5.02 Å². The fourth-order valence-corrected chi connectivity index (χ4v) is 8.41. The van der Waals surface area contributed by atoms with Crippen LogP contribution in [0, 0.1) is 11.3 Å². The van der Waals surface area contributed by atoms with Crippen LogP contribution < -0.4 is 16.1 Å². The fraction of sp³-hybridized carbons (Fsp3) is 0.675. The number of benzene rings is 1. The van der Waals surface area contributed by atoms with E-state index in [9.17, 15) is 24.0 Å². The highest BCUT2D eigenvalue weighted by Gasteiger charge is 2.54. The van der Waals surface area contributed by atoms with E-state index in [4.69, 9.17) is 25.9 Å². The van der Waals surface area contributed by atoms with Crippen molar-refractivity contribution in [1.29, 1.82) is 0 Å². The minimum atomic E-state index is -1.10. The number of hydrogen-bond donors (Lipinski definition) is 3. The Kier molecular flexibility index (Phi) is 12.7. The molecule has 296 valence electrons. The van der Waals surface area contributed by atoms with Gasteiger partial charge in [-0.05, 0) is 55.2 Å². The summed E-state index contributed by atoms with van der Waals surface area (Å²) in [7, 11) is 0. The third-order valence-electron chi connectivity index (χ3n) is 11.3. The van der Waals surface area contributed by atoms with Crippen molar-refractivity contribution in [2.75, 3.05) is 32.8 Å². The molecule has 6 rings (SSSR count). The van der Waals surface area contributed by atoms with E-state index in [-0.39, 0.29) is 43.4 Å². The number of amides is 4. The molecule has 3 saturated heterocycles.